The van der Waals surface area contributed by atoms with Gasteiger partial charge in [-0.05, 0) is 44.9 Å². The van der Waals surface area contributed by atoms with Gasteiger partial charge in [0, 0.05) is 22.7 Å². The molecule has 0 bridgehead atoms. The number of hydrogen-bond donors (Lipinski definition) is 2. The lowest BCUT2D eigenvalue weighted by atomic mass is 10.1. The van der Waals surface area contributed by atoms with Crippen LogP contribution in [0.3, 0.4) is 0 Å². The van der Waals surface area contributed by atoms with E-state index in [2.05, 4.69) is 15.7 Å². The molecule has 1 heterocycles. The smallest absolute Gasteiger partial charge is 0.252 e. The molecular weight excluding hydrogens is 376 g/mol. The second kappa shape index (κ2) is 9.06. The van der Waals surface area contributed by atoms with Crippen molar-refractivity contribution >= 4 is 34.8 Å². The molecule has 0 unspecified atom stereocenters. The number of carbonyl (C=O) groups excluding carboxylic acids is 2. The Hall–Kier alpha value is -2.60. The van der Waals surface area contributed by atoms with E-state index in [9.17, 15) is 9.59 Å². The van der Waals surface area contributed by atoms with Crippen LogP contribution in [-0.4, -0.2) is 28.6 Å². The number of allylic oxidation sites excluding steroid dienone is 3. The molecule has 3 rings (SSSR count). The molecule has 0 radical (unpaired) electrons. The van der Waals surface area contributed by atoms with Crippen LogP contribution in [0.2, 0.25) is 5.02 Å². The number of fused-ring (bicyclic) bond motifs is 1. The predicted octanol–water partition coefficient (Wildman–Crippen LogP) is 4.13. The van der Waals surface area contributed by atoms with Crippen LogP contribution in [0.5, 0.6) is 0 Å². The first-order valence-electron chi connectivity index (χ1n) is 9.50. The Morgan fingerprint density at radius 2 is 2.07 bits per heavy atom. The zero-order valence-electron chi connectivity index (χ0n) is 16.2. The number of hydrogen-bond acceptors (Lipinski definition) is 3. The summed E-state index contributed by atoms with van der Waals surface area (Å²) in [5.41, 5.74) is 3.13. The van der Waals surface area contributed by atoms with Crippen molar-refractivity contribution in [2.45, 2.75) is 45.6 Å². The standard InChI is InChI=1S/C21H25ClN4O2/c1-14(9-15(2)24-13-27)7-8-23-21(28)18-10-16(22)11-20-19(18)12-25-26(20)17-5-3-4-6-17/h7,9-13,17H,3-6,8H2,1-2H3,(H,23,28)(H,24,27)/b14-7+,15-9-. The molecule has 2 amide bonds. The van der Waals surface area contributed by atoms with Gasteiger partial charge in [-0.25, -0.2) is 0 Å². The summed E-state index contributed by atoms with van der Waals surface area (Å²) in [6, 6.07) is 3.96. The largest absolute Gasteiger partial charge is 0.349 e. The number of nitrogens with one attached hydrogen (secondary N) is 2. The number of halogens is 1. The zero-order chi connectivity index (χ0) is 20.1. The van der Waals surface area contributed by atoms with Crippen molar-refractivity contribution in [2.75, 3.05) is 6.54 Å². The molecule has 1 saturated carbocycles. The highest BCUT2D eigenvalue weighted by Gasteiger charge is 2.21. The summed E-state index contributed by atoms with van der Waals surface area (Å²) in [6.45, 7) is 4.08. The lowest BCUT2D eigenvalue weighted by Gasteiger charge is -2.12. The lowest BCUT2D eigenvalue weighted by Crippen LogP contribution is -2.23. The SMILES string of the molecule is C/C(=C/C(C)=C/CNC(=O)c1cc(Cl)cc2c1cnn2C1CCCC1)NC=O. The van der Waals surface area contributed by atoms with Crippen molar-refractivity contribution in [3.8, 4) is 0 Å². The summed E-state index contributed by atoms with van der Waals surface area (Å²) >= 11 is 6.30. The van der Waals surface area contributed by atoms with Gasteiger partial charge in [-0.1, -0.05) is 36.1 Å². The second-order valence-electron chi connectivity index (χ2n) is 7.16. The summed E-state index contributed by atoms with van der Waals surface area (Å²) in [5, 5.41) is 11.4. The highest BCUT2D eigenvalue weighted by atomic mass is 35.5. The Kier molecular flexibility index (Phi) is 6.52. The first kappa shape index (κ1) is 20.1. The van der Waals surface area contributed by atoms with E-state index < -0.39 is 0 Å². The average molecular weight is 401 g/mol. The molecule has 2 N–H and O–H groups in total. The van der Waals surface area contributed by atoms with Crippen molar-refractivity contribution in [3.05, 3.63) is 52.3 Å². The van der Waals surface area contributed by atoms with E-state index in [1.807, 2.05) is 29.8 Å². The van der Waals surface area contributed by atoms with Crippen LogP contribution in [0.15, 0.2) is 41.8 Å². The van der Waals surface area contributed by atoms with Crippen LogP contribution in [0.4, 0.5) is 0 Å². The molecule has 28 heavy (non-hydrogen) atoms. The third kappa shape index (κ3) is 4.62. The average Bonchev–Trinajstić information content (AvgIpc) is 3.30. The first-order valence-corrected chi connectivity index (χ1v) is 9.87. The van der Waals surface area contributed by atoms with Crippen molar-refractivity contribution < 1.29 is 9.59 Å². The third-order valence-electron chi connectivity index (χ3n) is 5.01. The van der Waals surface area contributed by atoms with Gasteiger partial charge in [0.25, 0.3) is 5.91 Å². The quantitative estimate of drug-likeness (QED) is 0.542. The summed E-state index contributed by atoms with van der Waals surface area (Å²) in [5.74, 6) is -0.186. The van der Waals surface area contributed by atoms with Crippen molar-refractivity contribution in [3.63, 3.8) is 0 Å². The summed E-state index contributed by atoms with van der Waals surface area (Å²) in [4.78, 5) is 23.2. The van der Waals surface area contributed by atoms with Crippen LogP contribution in [0.25, 0.3) is 10.9 Å². The molecule has 0 spiro atoms. The summed E-state index contributed by atoms with van der Waals surface area (Å²) in [6.07, 6.45) is 10.8. The zero-order valence-corrected chi connectivity index (χ0v) is 16.9. The molecule has 1 aromatic carbocycles. The highest BCUT2D eigenvalue weighted by Crippen LogP contribution is 2.33. The Morgan fingerprint density at radius 3 is 2.79 bits per heavy atom. The molecule has 1 fully saturated rings. The maximum atomic E-state index is 12.7. The van der Waals surface area contributed by atoms with Gasteiger partial charge in [0.15, 0.2) is 0 Å². The fourth-order valence-corrected chi connectivity index (χ4v) is 3.89. The van der Waals surface area contributed by atoms with Crippen LogP contribution in [-0.2, 0) is 4.79 Å². The number of carbonyl (C=O) groups is 2. The van der Waals surface area contributed by atoms with Crippen LogP contribution in [0, 0.1) is 0 Å². The van der Waals surface area contributed by atoms with Crippen molar-refractivity contribution in [1.29, 1.82) is 0 Å². The molecule has 0 atom stereocenters. The Balaban J connectivity index is 1.76. The van der Waals surface area contributed by atoms with E-state index in [1.54, 1.807) is 19.2 Å². The van der Waals surface area contributed by atoms with Crippen molar-refractivity contribution in [2.24, 2.45) is 0 Å². The summed E-state index contributed by atoms with van der Waals surface area (Å²) < 4.78 is 2.02. The van der Waals surface area contributed by atoms with Gasteiger partial charge in [0.2, 0.25) is 6.41 Å². The minimum absolute atomic E-state index is 0.186. The van der Waals surface area contributed by atoms with E-state index in [1.165, 1.54) is 12.8 Å². The van der Waals surface area contributed by atoms with Gasteiger partial charge in [0.05, 0.1) is 23.3 Å². The minimum Gasteiger partial charge on any atom is -0.349 e. The number of amides is 2. The Morgan fingerprint density at radius 1 is 1.32 bits per heavy atom. The monoisotopic (exact) mass is 400 g/mol. The molecule has 7 heteroatoms. The van der Waals surface area contributed by atoms with Gasteiger partial charge >= 0.3 is 0 Å². The number of rotatable bonds is 7. The third-order valence-corrected chi connectivity index (χ3v) is 5.23. The molecule has 0 saturated heterocycles. The molecule has 1 aliphatic rings. The fourth-order valence-electron chi connectivity index (χ4n) is 3.67. The molecule has 2 aromatic rings. The van der Waals surface area contributed by atoms with Crippen LogP contribution < -0.4 is 10.6 Å². The topological polar surface area (TPSA) is 76.0 Å². The maximum Gasteiger partial charge on any atom is 0.252 e. The van der Waals surface area contributed by atoms with Gasteiger partial charge < -0.3 is 10.6 Å². The maximum absolute atomic E-state index is 12.7. The lowest BCUT2D eigenvalue weighted by molar-refractivity contribution is -0.108. The van der Waals surface area contributed by atoms with E-state index in [-0.39, 0.29) is 5.91 Å². The molecule has 1 aliphatic carbocycles. The van der Waals surface area contributed by atoms with E-state index in [0.717, 1.165) is 35.0 Å². The summed E-state index contributed by atoms with van der Waals surface area (Å²) in [7, 11) is 0. The van der Waals surface area contributed by atoms with Crippen LogP contribution in [0.1, 0.15) is 55.9 Å². The van der Waals surface area contributed by atoms with Gasteiger partial charge in [-0.2, -0.15) is 5.10 Å². The van der Waals surface area contributed by atoms with Gasteiger partial charge in [0.1, 0.15) is 0 Å². The fraction of sp³-hybridized carbons (Fsp3) is 0.381. The number of aromatic nitrogens is 2. The number of nitrogens with zero attached hydrogens (tertiary/aromatic N) is 2. The minimum atomic E-state index is -0.186. The van der Waals surface area contributed by atoms with E-state index in [0.29, 0.717) is 29.6 Å². The first-order chi connectivity index (χ1) is 13.5. The van der Waals surface area contributed by atoms with Gasteiger partial charge in [-0.15, -0.1) is 0 Å². The Bertz CT molecular complexity index is 939. The van der Waals surface area contributed by atoms with Crippen LogP contribution >= 0.6 is 11.6 Å². The molecule has 1 aromatic heterocycles. The van der Waals surface area contributed by atoms with E-state index in [4.69, 9.17) is 11.6 Å². The normalized spacial score (nSPS) is 15.8. The van der Waals surface area contributed by atoms with Crippen molar-refractivity contribution in [1.82, 2.24) is 20.4 Å². The predicted molar refractivity (Wildman–Crippen MR) is 111 cm³/mol. The van der Waals surface area contributed by atoms with Gasteiger partial charge in [-0.3, -0.25) is 14.3 Å². The Labute approximate surface area is 169 Å². The number of benzene rings is 1. The van der Waals surface area contributed by atoms with E-state index >= 15 is 0 Å². The molecule has 148 valence electrons. The molecule has 0 aliphatic heterocycles. The molecule has 6 nitrogen and oxygen atoms in total. The second-order valence-corrected chi connectivity index (χ2v) is 7.60. The molecular formula is C21H25ClN4O2. The highest BCUT2D eigenvalue weighted by molar-refractivity contribution is 6.32.